The molecule has 8 heteroatoms. The molecule has 32 heavy (non-hydrogen) atoms. The Bertz CT molecular complexity index is 1190. The first-order valence-electron chi connectivity index (χ1n) is 10.7. The number of aromatic nitrogens is 1. The molecule has 1 N–H and O–H groups in total. The Hall–Kier alpha value is -3.52. The molecule has 8 nitrogen and oxygen atoms in total. The molecule has 1 amide bonds. The zero-order chi connectivity index (χ0) is 22.8. The van der Waals surface area contributed by atoms with Crippen LogP contribution in [0.15, 0.2) is 42.5 Å². The highest BCUT2D eigenvalue weighted by molar-refractivity contribution is 5.97. The smallest absolute Gasteiger partial charge is 0.295 e. The van der Waals surface area contributed by atoms with Crippen LogP contribution in [-0.4, -0.2) is 53.4 Å². The molecular weight excluding hydrogens is 406 g/mol. The van der Waals surface area contributed by atoms with Gasteiger partial charge in [0.05, 0.1) is 11.5 Å². The number of nitrogens with one attached hydrogen (secondary N) is 1. The largest absolute Gasteiger partial charge is 0.368 e. The Labute approximate surface area is 187 Å². The Morgan fingerprint density at radius 1 is 1.09 bits per heavy atom. The minimum atomic E-state index is -0.384. The van der Waals surface area contributed by atoms with E-state index >= 15 is 0 Å². The number of carbonyl (C=O) groups excluding carboxylic acids is 1. The molecule has 0 unspecified atom stereocenters. The van der Waals surface area contributed by atoms with Crippen molar-refractivity contribution in [3.63, 3.8) is 0 Å². The van der Waals surface area contributed by atoms with Crippen molar-refractivity contribution in [1.29, 1.82) is 0 Å². The van der Waals surface area contributed by atoms with E-state index in [1.54, 1.807) is 6.07 Å². The number of carbonyl (C=O) groups is 1. The van der Waals surface area contributed by atoms with E-state index in [0.29, 0.717) is 12.1 Å². The first-order valence-corrected chi connectivity index (χ1v) is 10.7. The van der Waals surface area contributed by atoms with Crippen molar-refractivity contribution in [3.8, 4) is 0 Å². The fourth-order valence-electron chi connectivity index (χ4n) is 4.17. The maximum atomic E-state index is 12.6. The number of fused-ring (bicyclic) bond motifs is 1. The molecule has 0 saturated carbocycles. The normalized spacial score (nSPS) is 14.5. The number of aryl methyl sites for hydroxylation is 2. The van der Waals surface area contributed by atoms with E-state index in [9.17, 15) is 14.9 Å². The molecular formula is C24H27N5O3. The second-order valence-electron chi connectivity index (χ2n) is 8.27. The van der Waals surface area contributed by atoms with Gasteiger partial charge in [-0.25, -0.2) is 4.98 Å². The van der Waals surface area contributed by atoms with E-state index in [4.69, 9.17) is 0 Å². The van der Waals surface area contributed by atoms with Crippen LogP contribution in [0.5, 0.6) is 0 Å². The zero-order valence-corrected chi connectivity index (χ0v) is 18.6. The Balaban J connectivity index is 1.44. The maximum Gasteiger partial charge on any atom is 0.295 e. The molecule has 1 fully saturated rings. The molecule has 0 radical (unpaired) electrons. The van der Waals surface area contributed by atoms with Crippen molar-refractivity contribution >= 4 is 33.9 Å². The van der Waals surface area contributed by atoms with Crippen molar-refractivity contribution in [2.75, 3.05) is 42.9 Å². The number of anilines is 2. The molecule has 1 aliphatic rings. The summed E-state index contributed by atoms with van der Waals surface area (Å²) in [5.41, 5.74) is 5.23. The third-order valence-electron chi connectivity index (χ3n) is 6.08. The van der Waals surface area contributed by atoms with Crippen LogP contribution in [0.25, 0.3) is 10.9 Å². The van der Waals surface area contributed by atoms with E-state index < -0.39 is 0 Å². The summed E-state index contributed by atoms with van der Waals surface area (Å²) < 4.78 is 0. The average molecular weight is 434 g/mol. The number of non-ortho nitro benzene ring substituents is 1. The minimum Gasteiger partial charge on any atom is -0.368 e. The van der Waals surface area contributed by atoms with Gasteiger partial charge in [-0.1, -0.05) is 24.3 Å². The van der Waals surface area contributed by atoms with E-state index in [-0.39, 0.29) is 16.5 Å². The molecule has 0 atom stereocenters. The minimum absolute atomic E-state index is 0.0204. The second kappa shape index (κ2) is 8.92. The van der Waals surface area contributed by atoms with Gasteiger partial charge in [0, 0.05) is 54.7 Å². The molecule has 166 valence electrons. The van der Waals surface area contributed by atoms with Gasteiger partial charge in [0.2, 0.25) is 5.91 Å². The fraction of sp³-hybridized carbons (Fsp3) is 0.333. The van der Waals surface area contributed by atoms with Crippen LogP contribution in [0, 0.1) is 30.9 Å². The lowest BCUT2D eigenvalue weighted by Crippen LogP contribution is -2.48. The molecule has 0 bridgehead atoms. The van der Waals surface area contributed by atoms with Gasteiger partial charge in [-0.3, -0.25) is 19.8 Å². The van der Waals surface area contributed by atoms with Gasteiger partial charge in [-0.05, 0) is 44.0 Å². The lowest BCUT2D eigenvalue weighted by atomic mass is 10.1. The molecule has 2 aromatic carbocycles. The van der Waals surface area contributed by atoms with Crippen LogP contribution < -0.4 is 10.2 Å². The lowest BCUT2D eigenvalue weighted by Gasteiger charge is -2.36. The quantitative estimate of drug-likeness (QED) is 0.486. The lowest BCUT2D eigenvalue weighted by molar-refractivity contribution is -0.383. The number of hydrogen-bond acceptors (Lipinski definition) is 6. The monoisotopic (exact) mass is 433 g/mol. The number of nitro groups is 1. The number of nitro benzene ring substituents is 1. The number of benzene rings is 2. The topological polar surface area (TPSA) is 91.6 Å². The summed E-state index contributed by atoms with van der Waals surface area (Å²) in [5.74, 6) is -0.0204. The van der Waals surface area contributed by atoms with Gasteiger partial charge in [-0.15, -0.1) is 0 Å². The number of piperazine rings is 1. The summed E-state index contributed by atoms with van der Waals surface area (Å²) in [6.45, 7) is 9.17. The van der Waals surface area contributed by atoms with E-state index in [0.717, 1.165) is 59.8 Å². The number of pyridine rings is 1. The highest BCUT2D eigenvalue weighted by atomic mass is 16.6. The summed E-state index contributed by atoms with van der Waals surface area (Å²) in [7, 11) is 0. The first kappa shape index (κ1) is 21.7. The van der Waals surface area contributed by atoms with Gasteiger partial charge in [0.25, 0.3) is 5.69 Å². The SMILES string of the molecule is Cc1cc(N2CCN(CC(=O)Nc3cccc(C)c3C)CC2)c2cccc([N+](=O)[O-])c2n1. The third kappa shape index (κ3) is 4.40. The van der Waals surface area contributed by atoms with Crippen molar-refractivity contribution in [2.45, 2.75) is 20.8 Å². The molecule has 1 aromatic heterocycles. The van der Waals surface area contributed by atoms with Gasteiger partial charge in [0.15, 0.2) is 5.52 Å². The number of para-hydroxylation sites is 1. The Kier molecular flexibility index (Phi) is 6.05. The summed E-state index contributed by atoms with van der Waals surface area (Å²) in [6.07, 6.45) is 0. The number of hydrogen-bond donors (Lipinski definition) is 1. The van der Waals surface area contributed by atoms with Crippen molar-refractivity contribution < 1.29 is 9.72 Å². The standard InChI is InChI=1S/C24H27N5O3/c1-16-6-4-8-20(18(16)3)26-23(30)15-27-10-12-28(13-11-27)22-14-17(2)25-24-19(22)7-5-9-21(24)29(31)32/h4-9,14H,10-13,15H2,1-3H3,(H,26,30). The second-order valence-corrected chi connectivity index (χ2v) is 8.27. The molecule has 2 heterocycles. The van der Waals surface area contributed by atoms with Crippen LogP contribution in [0.4, 0.5) is 17.1 Å². The summed E-state index contributed by atoms with van der Waals surface area (Å²) in [6, 6.07) is 13.0. The van der Waals surface area contributed by atoms with Gasteiger partial charge >= 0.3 is 0 Å². The van der Waals surface area contributed by atoms with Crippen LogP contribution >= 0.6 is 0 Å². The first-order chi connectivity index (χ1) is 15.3. The van der Waals surface area contributed by atoms with Crippen LogP contribution in [-0.2, 0) is 4.79 Å². The maximum absolute atomic E-state index is 12.6. The van der Waals surface area contributed by atoms with Gasteiger partial charge in [0.1, 0.15) is 0 Å². The molecule has 0 aliphatic carbocycles. The van der Waals surface area contributed by atoms with Gasteiger partial charge in [-0.2, -0.15) is 0 Å². The molecule has 0 spiro atoms. The number of rotatable bonds is 5. The number of amides is 1. The summed E-state index contributed by atoms with van der Waals surface area (Å²) in [4.78, 5) is 32.4. The fourth-order valence-corrected chi connectivity index (χ4v) is 4.17. The van der Waals surface area contributed by atoms with Crippen LogP contribution in [0.2, 0.25) is 0 Å². The molecule has 3 aromatic rings. The van der Waals surface area contributed by atoms with Gasteiger partial charge < -0.3 is 10.2 Å². The highest BCUT2D eigenvalue weighted by Gasteiger charge is 2.23. The van der Waals surface area contributed by atoms with E-state index in [1.165, 1.54) is 6.07 Å². The van der Waals surface area contributed by atoms with Crippen molar-refractivity contribution in [3.05, 3.63) is 69.4 Å². The van der Waals surface area contributed by atoms with Crippen molar-refractivity contribution in [2.24, 2.45) is 0 Å². The van der Waals surface area contributed by atoms with E-state index in [2.05, 4.69) is 20.1 Å². The average Bonchev–Trinajstić information content (AvgIpc) is 2.76. The van der Waals surface area contributed by atoms with Crippen LogP contribution in [0.1, 0.15) is 16.8 Å². The van der Waals surface area contributed by atoms with E-state index in [1.807, 2.05) is 51.1 Å². The predicted octanol–water partition coefficient (Wildman–Crippen LogP) is 3.83. The summed E-state index contributed by atoms with van der Waals surface area (Å²) >= 11 is 0. The third-order valence-corrected chi connectivity index (χ3v) is 6.08. The predicted molar refractivity (Wildman–Crippen MR) is 126 cm³/mol. The summed E-state index contributed by atoms with van der Waals surface area (Å²) in [5, 5.41) is 15.2. The number of nitrogens with zero attached hydrogens (tertiary/aromatic N) is 4. The highest BCUT2D eigenvalue weighted by Crippen LogP contribution is 2.32. The van der Waals surface area contributed by atoms with Crippen molar-refractivity contribution in [1.82, 2.24) is 9.88 Å². The molecule has 4 rings (SSSR count). The molecule has 1 aliphatic heterocycles. The van der Waals surface area contributed by atoms with Crippen LogP contribution in [0.3, 0.4) is 0 Å². The Morgan fingerprint density at radius 3 is 2.53 bits per heavy atom. The zero-order valence-electron chi connectivity index (χ0n) is 18.6. The molecule has 1 saturated heterocycles. The Morgan fingerprint density at radius 2 is 1.81 bits per heavy atom.